The summed E-state index contributed by atoms with van der Waals surface area (Å²) in [4.78, 5) is 4.19. The third kappa shape index (κ3) is 4.01. The summed E-state index contributed by atoms with van der Waals surface area (Å²) >= 11 is 0. The Hall–Kier alpha value is -3.27. The minimum absolute atomic E-state index is 0.906. The highest BCUT2D eigenvalue weighted by atomic mass is 16.5. The van der Waals surface area contributed by atoms with E-state index in [-0.39, 0.29) is 0 Å². The topological polar surface area (TPSA) is 39.1 Å². The third-order valence-corrected chi connectivity index (χ3v) is 5.09. The average molecular weight is 371 g/mol. The first-order valence-corrected chi connectivity index (χ1v) is 9.60. The number of fused-ring (bicyclic) bond motifs is 1. The van der Waals surface area contributed by atoms with Crippen LogP contribution in [0.5, 0.6) is 5.75 Å². The maximum atomic E-state index is 5.21. The molecule has 0 aliphatic rings. The van der Waals surface area contributed by atoms with Crippen LogP contribution in [0.25, 0.3) is 21.9 Å². The van der Waals surface area contributed by atoms with Crippen LogP contribution in [0.4, 0.5) is 5.82 Å². The van der Waals surface area contributed by atoms with Crippen molar-refractivity contribution in [2.24, 2.45) is 7.05 Å². The molecule has 0 aliphatic carbocycles. The average Bonchev–Trinajstić information content (AvgIpc) is 3.12. The maximum Gasteiger partial charge on any atom is 0.118 e. The van der Waals surface area contributed by atoms with Crippen LogP contribution < -0.4 is 10.1 Å². The highest BCUT2D eigenvalue weighted by molar-refractivity contribution is 5.86. The summed E-state index contributed by atoms with van der Waals surface area (Å²) in [7, 11) is 3.78. The Labute approximate surface area is 165 Å². The van der Waals surface area contributed by atoms with Crippen LogP contribution in [-0.4, -0.2) is 23.2 Å². The summed E-state index contributed by atoms with van der Waals surface area (Å²) in [5.74, 6) is 2.04. The molecule has 0 bridgehead atoms. The molecule has 2 aromatic carbocycles. The molecule has 142 valence electrons. The van der Waals surface area contributed by atoms with E-state index in [1.165, 1.54) is 27.5 Å². The first-order valence-electron chi connectivity index (χ1n) is 9.60. The molecule has 2 aromatic heterocycles. The van der Waals surface area contributed by atoms with Crippen molar-refractivity contribution >= 4 is 16.6 Å². The van der Waals surface area contributed by atoms with Gasteiger partial charge in [-0.25, -0.2) is 0 Å². The number of rotatable bonds is 7. The SMILES string of the molecule is COc1ccc(CCCNc2cc(-c3ccc4cnccc4c3)cn2C)cc1. The second kappa shape index (κ2) is 8.17. The highest BCUT2D eigenvalue weighted by Gasteiger charge is 2.06. The molecular weight excluding hydrogens is 346 g/mol. The van der Waals surface area contributed by atoms with Gasteiger partial charge in [-0.3, -0.25) is 4.98 Å². The second-order valence-electron chi connectivity index (χ2n) is 7.04. The zero-order valence-electron chi connectivity index (χ0n) is 16.4. The van der Waals surface area contributed by atoms with Gasteiger partial charge in [0.2, 0.25) is 0 Å². The minimum atomic E-state index is 0.906. The summed E-state index contributed by atoms with van der Waals surface area (Å²) in [6.07, 6.45) is 8.05. The predicted octanol–water partition coefficient (Wildman–Crippen LogP) is 5.29. The summed E-state index contributed by atoms with van der Waals surface area (Å²) in [6.45, 7) is 0.937. The molecule has 4 nitrogen and oxygen atoms in total. The Kier molecular flexibility index (Phi) is 5.29. The molecule has 2 heterocycles. The van der Waals surface area contributed by atoms with Crippen LogP contribution in [0.3, 0.4) is 0 Å². The molecule has 0 amide bonds. The number of hydrogen-bond acceptors (Lipinski definition) is 3. The molecular formula is C24H25N3O. The van der Waals surface area contributed by atoms with Gasteiger partial charge < -0.3 is 14.6 Å². The lowest BCUT2D eigenvalue weighted by molar-refractivity contribution is 0.414. The zero-order valence-corrected chi connectivity index (χ0v) is 16.4. The molecule has 28 heavy (non-hydrogen) atoms. The molecule has 0 spiro atoms. The van der Waals surface area contributed by atoms with Crippen molar-refractivity contribution in [2.75, 3.05) is 19.0 Å². The van der Waals surface area contributed by atoms with Crippen molar-refractivity contribution in [3.05, 3.63) is 78.8 Å². The molecule has 0 saturated carbocycles. The Bertz CT molecular complexity index is 1070. The number of benzene rings is 2. The van der Waals surface area contributed by atoms with Gasteiger partial charge in [-0.15, -0.1) is 0 Å². The maximum absolute atomic E-state index is 5.21. The van der Waals surface area contributed by atoms with Gasteiger partial charge in [-0.1, -0.05) is 24.3 Å². The Morgan fingerprint density at radius 3 is 2.64 bits per heavy atom. The first kappa shape index (κ1) is 18.1. The fraction of sp³-hybridized carbons (Fsp3) is 0.208. The highest BCUT2D eigenvalue weighted by Crippen LogP contribution is 2.27. The largest absolute Gasteiger partial charge is 0.497 e. The fourth-order valence-corrected chi connectivity index (χ4v) is 3.46. The van der Waals surface area contributed by atoms with E-state index >= 15 is 0 Å². The van der Waals surface area contributed by atoms with Crippen LogP contribution in [0, 0.1) is 0 Å². The van der Waals surface area contributed by atoms with E-state index in [0.717, 1.165) is 31.0 Å². The van der Waals surface area contributed by atoms with Gasteiger partial charge in [0.05, 0.1) is 7.11 Å². The van der Waals surface area contributed by atoms with E-state index in [1.54, 1.807) is 7.11 Å². The molecule has 0 fully saturated rings. The lowest BCUT2D eigenvalue weighted by Crippen LogP contribution is -2.06. The molecule has 4 aromatic rings. The zero-order chi connectivity index (χ0) is 19.3. The van der Waals surface area contributed by atoms with E-state index in [2.05, 4.69) is 70.6 Å². The number of ether oxygens (including phenoxy) is 1. The predicted molar refractivity (Wildman–Crippen MR) is 116 cm³/mol. The Balaban J connectivity index is 1.38. The number of hydrogen-bond donors (Lipinski definition) is 1. The van der Waals surface area contributed by atoms with Gasteiger partial charge in [-0.05, 0) is 59.7 Å². The summed E-state index contributed by atoms with van der Waals surface area (Å²) in [6, 6.07) is 19.1. The molecule has 4 rings (SSSR count). The lowest BCUT2D eigenvalue weighted by Gasteiger charge is -2.07. The normalized spacial score (nSPS) is 10.9. The minimum Gasteiger partial charge on any atom is -0.497 e. The Morgan fingerprint density at radius 2 is 1.82 bits per heavy atom. The van der Waals surface area contributed by atoms with Crippen LogP contribution >= 0.6 is 0 Å². The van der Waals surface area contributed by atoms with Gasteiger partial charge in [-0.2, -0.15) is 0 Å². The summed E-state index contributed by atoms with van der Waals surface area (Å²) < 4.78 is 7.36. The Morgan fingerprint density at radius 1 is 0.964 bits per heavy atom. The lowest BCUT2D eigenvalue weighted by atomic mass is 10.0. The van der Waals surface area contributed by atoms with Crippen molar-refractivity contribution in [3.63, 3.8) is 0 Å². The van der Waals surface area contributed by atoms with Crippen molar-refractivity contribution in [1.82, 2.24) is 9.55 Å². The molecule has 1 N–H and O–H groups in total. The van der Waals surface area contributed by atoms with Gasteiger partial charge in [0.15, 0.2) is 0 Å². The quantitative estimate of drug-likeness (QED) is 0.449. The number of anilines is 1. The van der Waals surface area contributed by atoms with E-state index < -0.39 is 0 Å². The number of nitrogens with zero attached hydrogens (tertiary/aromatic N) is 2. The van der Waals surface area contributed by atoms with E-state index in [4.69, 9.17) is 4.74 Å². The molecule has 0 unspecified atom stereocenters. The molecule has 4 heteroatoms. The van der Waals surface area contributed by atoms with Crippen LogP contribution in [-0.2, 0) is 13.5 Å². The number of aryl methyl sites for hydroxylation is 2. The molecule has 0 saturated heterocycles. The monoisotopic (exact) mass is 371 g/mol. The molecule has 0 radical (unpaired) electrons. The van der Waals surface area contributed by atoms with Gasteiger partial charge in [0.25, 0.3) is 0 Å². The van der Waals surface area contributed by atoms with Gasteiger partial charge in [0.1, 0.15) is 11.6 Å². The van der Waals surface area contributed by atoms with Crippen LogP contribution in [0.15, 0.2) is 73.2 Å². The second-order valence-corrected chi connectivity index (χ2v) is 7.04. The van der Waals surface area contributed by atoms with Crippen LogP contribution in [0.2, 0.25) is 0 Å². The van der Waals surface area contributed by atoms with Crippen molar-refractivity contribution in [1.29, 1.82) is 0 Å². The standard InChI is InChI=1S/C24H25N3O/c1-27-17-22(19-7-8-21-16-25-13-11-20(21)14-19)15-24(27)26-12-3-4-18-5-9-23(28-2)10-6-18/h5-11,13-17,26H,3-4,12H2,1-2H3. The smallest absolute Gasteiger partial charge is 0.118 e. The summed E-state index contributed by atoms with van der Waals surface area (Å²) in [5.41, 5.74) is 3.78. The van der Waals surface area contributed by atoms with Crippen molar-refractivity contribution in [3.8, 4) is 16.9 Å². The van der Waals surface area contributed by atoms with E-state index in [1.807, 2.05) is 24.5 Å². The van der Waals surface area contributed by atoms with E-state index in [9.17, 15) is 0 Å². The molecule has 0 aliphatic heterocycles. The number of nitrogens with one attached hydrogen (secondary N) is 1. The number of methoxy groups -OCH3 is 1. The third-order valence-electron chi connectivity index (χ3n) is 5.09. The first-order chi connectivity index (χ1) is 13.7. The number of aromatic nitrogens is 2. The number of pyridine rings is 1. The van der Waals surface area contributed by atoms with E-state index in [0.29, 0.717) is 0 Å². The summed E-state index contributed by atoms with van der Waals surface area (Å²) in [5, 5.41) is 5.94. The van der Waals surface area contributed by atoms with Gasteiger partial charge >= 0.3 is 0 Å². The fourth-order valence-electron chi connectivity index (χ4n) is 3.46. The van der Waals surface area contributed by atoms with Crippen LogP contribution in [0.1, 0.15) is 12.0 Å². The van der Waals surface area contributed by atoms with Gasteiger partial charge in [0, 0.05) is 43.1 Å². The van der Waals surface area contributed by atoms with Crippen molar-refractivity contribution < 1.29 is 4.74 Å². The van der Waals surface area contributed by atoms with Crippen molar-refractivity contribution in [2.45, 2.75) is 12.8 Å². The molecule has 0 atom stereocenters.